The number of nitrogens with two attached hydrogens (primary N) is 1. The molecule has 1 saturated heterocycles. The number of carbonyl (C=O) groups excluding carboxylic acids is 1. The van der Waals surface area contributed by atoms with Crippen molar-refractivity contribution in [2.24, 2.45) is 17.6 Å². The van der Waals surface area contributed by atoms with Crippen molar-refractivity contribution >= 4 is 6.03 Å². The maximum absolute atomic E-state index is 11.4. The van der Waals surface area contributed by atoms with Crippen molar-refractivity contribution in [3.05, 3.63) is 0 Å². The molecule has 1 aliphatic heterocycles. The highest BCUT2D eigenvalue weighted by atomic mass is 16.3. The Balaban J connectivity index is 1.91. The largest absolute Gasteiger partial charge is 0.393 e. The molecule has 4 N–H and O–H groups in total. The van der Waals surface area contributed by atoms with Crippen LogP contribution in [-0.4, -0.2) is 47.3 Å². The van der Waals surface area contributed by atoms with Gasteiger partial charge in [0, 0.05) is 25.2 Å². The first kappa shape index (κ1) is 14.6. The van der Waals surface area contributed by atoms with E-state index >= 15 is 0 Å². The molecular formula is C14H27N3O2. The first-order chi connectivity index (χ1) is 8.95. The van der Waals surface area contributed by atoms with Gasteiger partial charge in [-0.2, -0.15) is 0 Å². The predicted octanol–water partition coefficient (Wildman–Crippen LogP) is 0.915. The number of hydrogen-bond donors (Lipinski definition) is 3. The van der Waals surface area contributed by atoms with Crippen molar-refractivity contribution in [3.63, 3.8) is 0 Å². The van der Waals surface area contributed by atoms with Crippen LogP contribution >= 0.6 is 0 Å². The van der Waals surface area contributed by atoms with E-state index < -0.39 is 0 Å². The number of amides is 2. The van der Waals surface area contributed by atoms with E-state index in [0.29, 0.717) is 31.1 Å². The van der Waals surface area contributed by atoms with Gasteiger partial charge in [-0.15, -0.1) is 0 Å². The minimum absolute atomic E-state index is 0.263. The molecule has 1 saturated carbocycles. The molecule has 1 aliphatic carbocycles. The molecule has 2 aliphatic rings. The number of nitrogens with one attached hydrogen (secondary N) is 1. The second kappa shape index (κ2) is 6.09. The molecule has 0 spiro atoms. The lowest BCUT2D eigenvalue weighted by atomic mass is 9.87. The predicted molar refractivity (Wildman–Crippen MR) is 74.7 cm³/mol. The Bertz CT molecular complexity index is 318. The summed E-state index contributed by atoms with van der Waals surface area (Å²) in [6.07, 6.45) is 3.98. The van der Waals surface area contributed by atoms with Gasteiger partial charge < -0.3 is 21.1 Å². The van der Waals surface area contributed by atoms with Crippen molar-refractivity contribution < 1.29 is 9.90 Å². The third-order valence-corrected chi connectivity index (χ3v) is 4.24. The van der Waals surface area contributed by atoms with Gasteiger partial charge in [0.25, 0.3) is 0 Å². The molecule has 5 heteroatoms. The van der Waals surface area contributed by atoms with E-state index in [2.05, 4.69) is 5.32 Å². The van der Waals surface area contributed by atoms with Gasteiger partial charge >= 0.3 is 6.03 Å². The monoisotopic (exact) mass is 269 g/mol. The van der Waals surface area contributed by atoms with E-state index in [1.54, 1.807) is 4.90 Å². The van der Waals surface area contributed by atoms with Gasteiger partial charge in [-0.05, 0) is 37.5 Å². The maximum Gasteiger partial charge on any atom is 0.314 e. The molecule has 0 bridgehead atoms. The average Bonchev–Trinajstić information content (AvgIpc) is 3.12. The molecule has 0 aromatic heterocycles. The third-order valence-electron chi connectivity index (χ3n) is 4.24. The van der Waals surface area contributed by atoms with Gasteiger partial charge in [0.2, 0.25) is 0 Å². The van der Waals surface area contributed by atoms with E-state index in [1.807, 2.05) is 13.8 Å². The second-order valence-corrected chi connectivity index (χ2v) is 6.53. The minimum Gasteiger partial charge on any atom is -0.393 e. The highest BCUT2D eigenvalue weighted by molar-refractivity contribution is 5.72. The first-order valence-corrected chi connectivity index (χ1v) is 7.44. The lowest BCUT2D eigenvalue weighted by Crippen LogP contribution is -2.53. The summed E-state index contributed by atoms with van der Waals surface area (Å²) in [4.78, 5) is 13.1. The topological polar surface area (TPSA) is 78.6 Å². The van der Waals surface area contributed by atoms with E-state index in [1.165, 1.54) is 12.8 Å². The Hall–Kier alpha value is -0.810. The summed E-state index contributed by atoms with van der Waals surface area (Å²) >= 11 is 0. The van der Waals surface area contributed by atoms with E-state index in [0.717, 1.165) is 12.8 Å². The Morgan fingerprint density at radius 2 is 2.05 bits per heavy atom. The lowest BCUT2D eigenvalue weighted by molar-refractivity contribution is 0.0701. The molecule has 110 valence electrons. The Morgan fingerprint density at radius 3 is 2.58 bits per heavy atom. The summed E-state index contributed by atoms with van der Waals surface area (Å²) in [5.74, 6) is 0.605. The van der Waals surface area contributed by atoms with E-state index in [9.17, 15) is 9.90 Å². The maximum atomic E-state index is 11.4. The van der Waals surface area contributed by atoms with Crippen LogP contribution in [0.15, 0.2) is 0 Å². The number of likely N-dealkylation sites (tertiary alicyclic amines) is 1. The number of rotatable bonds is 5. The van der Waals surface area contributed by atoms with Crippen molar-refractivity contribution in [2.45, 2.75) is 57.7 Å². The summed E-state index contributed by atoms with van der Waals surface area (Å²) in [5.41, 5.74) is 5.43. The number of aliphatic hydroxyl groups excluding tert-OH is 1. The molecule has 5 nitrogen and oxygen atoms in total. The van der Waals surface area contributed by atoms with Gasteiger partial charge in [-0.25, -0.2) is 4.79 Å². The van der Waals surface area contributed by atoms with Gasteiger partial charge in [-0.1, -0.05) is 13.8 Å². The Kier molecular flexibility index (Phi) is 4.68. The highest BCUT2D eigenvalue weighted by Gasteiger charge is 2.33. The fourth-order valence-corrected chi connectivity index (χ4v) is 2.87. The lowest BCUT2D eigenvalue weighted by Gasteiger charge is -2.38. The van der Waals surface area contributed by atoms with Crippen molar-refractivity contribution in [3.8, 4) is 0 Å². The number of primary amides is 1. The van der Waals surface area contributed by atoms with Crippen molar-refractivity contribution in [1.82, 2.24) is 10.2 Å². The zero-order valence-corrected chi connectivity index (χ0v) is 12.0. The quantitative estimate of drug-likeness (QED) is 0.694. The summed E-state index contributed by atoms with van der Waals surface area (Å²) < 4.78 is 0. The van der Waals surface area contributed by atoms with Crippen molar-refractivity contribution in [1.29, 1.82) is 0 Å². The summed E-state index contributed by atoms with van der Waals surface area (Å²) in [7, 11) is 0. The smallest absolute Gasteiger partial charge is 0.314 e. The summed E-state index contributed by atoms with van der Waals surface area (Å²) in [6.45, 7) is 5.45. The number of carbonyl (C=O) groups is 1. The molecule has 2 amide bonds. The van der Waals surface area contributed by atoms with Gasteiger partial charge in [-0.3, -0.25) is 0 Å². The summed E-state index contributed by atoms with van der Waals surface area (Å²) in [5, 5.41) is 13.6. The second-order valence-electron chi connectivity index (χ2n) is 6.53. The number of hydrogen-bond acceptors (Lipinski definition) is 3. The van der Waals surface area contributed by atoms with Crippen LogP contribution in [0.25, 0.3) is 0 Å². The number of nitrogens with zero attached hydrogens (tertiary/aromatic N) is 1. The minimum atomic E-state index is -0.341. The fourth-order valence-electron chi connectivity index (χ4n) is 2.87. The van der Waals surface area contributed by atoms with Gasteiger partial charge in [0.1, 0.15) is 0 Å². The normalized spacial score (nSPS) is 29.6. The van der Waals surface area contributed by atoms with Gasteiger partial charge in [0.05, 0.1) is 6.10 Å². The molecule has 0 aromatic rings. The molecule has 2 fully saturated rings. The Morgan fingerprint density at radius 1 is 1.37 bits per heavy atom. The fraction of sp³-hybridized carbons (Fsp3) is 0.929. The zero-order valence-electron chi connectivity index (χ0n) is 12.0. The van der Waals surface area contributed by atoms with Crippen LogP contribution in [0.3, 0.4) is 0 Å². The van der Waals surface area contributed by atoms with Crippen LogP contribution in [0, 0.1) is 11.8 Å². The molecule has 3 atom stereocenters. The molecular weight excluding hydrogens is 242 g/mol. The number of urea groups is 1. The average molecular weight is 269 g/mol. The van der Waals surface area contributed by atoms with E-state index in [4.69, 9.17) is 5.73 Å². The van der Waals surface area contributed by atoms with Crippen LogP contribution in [0.4, 0.5) is 4.79 Å². The number of aliphatic hydroxyl groups is 1. The van der Waals surface area contributed by atoms with Crippen LogP contribution in [0.1, 0.15) is 39.5 Å². The van der Waals surface area contributed by atoms with Crippen molar-refractivity contribution in [2.75, 3.05) is 13.1 Å². The first-order valence-electron chi connectivity index (χ1n) is 7.44. The Labute approximate surface area is 115 Å². The third kappa shape index (κ3) is 4.35. The van der Waals surface area contributed by atoms with Crippen LogP contribution in [-0.2, 0) is 0 Å². The van der Waals surface area contributed by atoms with E-state index in [-0.39, 0.29) is 18.1 Å². The molecule has 19 heavy (non-hydrogen) atoms. The SMILES string of the molecule is CC(C)C(O)CC1CC(NC2CC2)CN(C(N)=O)C1. The standard InChI is InChI=1S/C14H27N3O2/c1-9(2)13(18)6-10-5-12(16-11-3-4-11)8-17(7-10)14(15)19/h9-13,16,18H,3-8H2,1-2H3,(H2,15,19). The molecule has 1 heterocycles. The van der Waals surface area contributed by atoms with Crippen LogP contribution in [0.2, 0.25) is 0 Å². The van der Waals surface area contributed by atoms with Gasteiger partial charge in [0.15, 0.2) is 0 Å². The van der Waals surface area contributed by atoms with Crippen LogP contribution < -0.4 is 11.1 Å². The van der Waals surface area contributed by atoms with Crippen LogP contribution in [0.5, 0.6) is 0 Å². The summed E-state index contributed by atoms with van der Waals surface area (Å²) in [6, 6.07) is 0.623. The molecule has 0 aromatic carbocycles. The highest BCUT2D eigenvalue weighted by Crippen LogP contribution is 2.27. The molecule has 3 unspecified atom stereocenters. The number of piperidine rings is 1. The molecule has 0 radical (unpaired) electrons. The molecule has 2 rings (SSSR count). The zero-order chi connectivity index (χ0) is 14.0.